The minimum atomic E-state index is -0.144. The van der Waals surface area contributed by atoms with Gasteiger partial charge in [-0.15, -0.1) is 15.3 Å². The number of hydrogen-bond acceptors (Lipinski definition) is 6. The molecule has 1 fully saturated rings. The van der Waals surface area contributed by atoms with Crippen molar-refractivity contribution in [3.8, 4) is 11.4 Å². The normalized spacial score (nSPS) is 21.6. The molecule has 0 aromatic carbocycles. The third kappa shape index (κ3) is 3.07. The highest BCUT2D eigenvalue weighted by Crippen LogP contribution is 2.25. The van der Waals surface area contributed by atoms with Crippen molar-refractivity contribution in [1.29, 1.82) is 0 Å². The van der Waals surface area contributed by atoms with Gasteiger partial charge in [-0.25, -0.2) is 0 Å². The molecule has 4 rings (SSSR count). The Kier molecular flexibility index (Phi) is 3.97. The number of hydrogen-bond donors (Lipinski definition) is 2. The average Bonchev–Trinajstić information content (AvgIpc) is 3.21. The summed E-state index contributed by atoms with van der Waals surface area (Å²) >= 11 is 1.63. The van der Waals surface area contributed by atoms with E-state index in [1.807, 2.05) is 29.0 Å². The zero-order chi connectivity index (χ0) is 15.6. The van der Waals surface area contributed by atoms with Crippen LogP contribution in [0, 0.1) is 5.92 Å². The number of aliphatic hydroxyl groups excluding tert-OH is 1. The van der Waals surface area contributed by atoms with E-state index in [-0.39, 0.29) is 6.10 Å². The van der Waals surface area contributed by atoms with Crippen molar-refractivity contribution in [2.45, 2.75) is 31.8 Å². The Morgan fingerprint density at radius 1 is 1.26 bits per heavy atom. The fraction of sp³-hybridized carbons (Fsp3) is 0.438. The number of nitrogens with one attached hydrogen (secondary N) is 1. The minimum Gasteiger partial charge on any atom is -0.393 e. The van der Waals surface area contributed by atoms with Crippen LogP contribution in [0.2, 0.25) is 0 Å². The van der Waals surface area contributed by atoms with E-state index in [0.717, 1.165) is 48.7 Å². The summed E-state index contributed by atoms with van der Waals surface area (Å²) in [6.07, 6.45) is 3.94. The van der Waals surface area contributed by atoms with Gasteiger partial charge in [0.25, 0.3) is 0 Å². The number of rotatable bonds is 4. The lowest BCUT2D eigenvalue weighted by atomic mass is 9.87. The van der Waals surface area contributed by atoms with E-state index >= 15 is 0 Å². The van der Waals surface area contributed by atoms with Crippen LogP contribution in [0.5, 0.6) is 0 Å². The van der Waals surface area contributed by atoms with Gasteiger partial charge in [0, 0.05) is 17.5 Å². The molecule has 1 aliphatic rings. The number of aliphatic hydroxyl groups is 1. The topological polar surface area (TPSA) is 75.3 Å². The summed E-state index contributed by atoms with van der Waals surface area (Å²) in [7, 11) is 0. The van der Waals surface area contributed by atoms with Crippen LogP contribution in [0.1, 0.15) is 25.7 Å². The van der Waals surface area contributed by atoms with Crippen molar-refractivity contribution in [1.82, 2.24) is 19.8 Å². The molecular formula is C16H19N5OS. The van der Waals surface area contributed by atoms with Gasteiger partial charge in [0.05, 0.1) is 6.10 Å². The third-order valence-electron chi connectivity index (χ3n) is 4.37. The van der Waals surface area contributed by atoms with Crippen LogP contribution in [-0.2, 0) is 0 Å². The number of nitrogens with zero attached hydrogens (tertiary/aromatic N) is 4. The van der Waals surface area contributed by atoms with E-state index < -0.39 is 0 Å². The lowest BCUT2D eigenvalue weighted by Crippen LogP contribution is -2.25. The summed E-state index contributed by atoms with van der Waals surface area (Å²) in [5.41, 5.74) is 1.77. The van der Waals surface area contributed by atoms with Crippen LogP contribution in [-0.4, -0.2) is 37.6 Å². The molecule has 2 atom stereocenters. The van der Waals surface area contributed by atoms with E-state index in [0.29, 0.717) is 5.92 Å². The van der Waals surface area contributed by atoms with Gasteiger partial charge in [-0.05, 0) is 48.8 Å². The van der Waals surface area contributed by atoms with Crippen LogP contribution in [0.15, 0.2) is 29.0 Å². The summed E-state index contributed by atoms with van der Waals surface area (Å²) in [5, 5.41) is 30.2. The molecule has 0 saturated heterocycles. The van der Waals surface area contributed by atoms with Crippen LogP contribution in [0.4, 0.5) is 5.82 Å². The van der Waals surface area contributed by atoms with Gasteiger partial charge < -0.3 is 10.4 Å². The van der Waals surface area contributed by atoms with Crippen LogP contribution < -0.4 is 5.32 Å². The molecule has 0 bridgehead atoms. The first kappa shape index (κ1) is 14.6. The number of anilines is 1. The smallest absolute Gasteiger partial charge is 0.186 e. The number of thiophene rings is 1. The summed E-state index contributed by atoms with van der Waals surface area (Å²) in [6.45, 7) is 0.839. The highest BCUT2D eigenvalue weighted by Gasteiger charge is 2.20. The maximum absolute atomic E-state index is 9.77. The van der Waals surface area contributed by atoms with Crippen molar-refractivity contribution >= 4 is 22.8 Å². The Bertz CT molecular complexity index is 785. The van der Waals surface area contributed by atoms with E-state index in [2.05, 4.69) is 20.6 Å². The molecule has 3 aromatic rings. The third-order valence-corrected chi connectivity index (χ3v) is 5.05. The molecule has 7 heteroatoms. The molecule has 120 valence electrons. The highest BCUT2D eigenvalue weighted by atomic mass is 32.1. The van der Waals surface area contributed by atoms with E-state index in [1.165, 1.54) is 6.42 Å². The van der Waals surface area contributed by atoms with Gasteiger partial charge in [-0.2, -0.15) is 15.9 Å². The van der Waals surface area contributed by atoms with Crippen LogP contribution in [0.25, 0.3) is 17.0 Å². The minimum absolute atomic E-state index is 0.144. The van der Waals surface area contributed by atoms with Crippen molar-refractivity contribution < 1.29 is 5.11 Å². The lowest BCUT2D eigenvalue weighted by Gasteiger charge is -2.26. The van der Waals surface area contributed by atoms with Gasteiger partial charge >= 0.3 is 0 Å². The second-order valence-electron chi connectivity index (χ2n) is 6.09. The molecule has 2 unspecified atom stereocenters. The maximum Gasteiger partial charge on any atom is 0.186 e. The molecule has 1 aliphatic carbocycles. The zero-order valence-corrected chi connectivity index (χ0v) is 13.5. The van der Waals surface area contributed by atoms with Crippen molar-refractivity contribution in [3.05, 3.63) is 29.0 Å². The first-order valence-electron chi connectivity index (χ1n) is 7.96. The Morgan fingerprint density at radius 3 is 3.04 bits per heavy atom. The molecule has 2 N–H and O–H groups in total. The maximum atomic E-state index is 9.77. The van der Waals surface area contributed by atoms with E-state index in [4.69, 9.17) is 0 Å². The van der Waals surface area contributed by atoms with Gasteiger partial charge in [0.2, 0.25) is 0 Å². The second kappa shape index (κ2) is 6.25. The molecule has 0 aliphatic heterocycles. The summed E-state index contributed by atoms with van der Waals surface area (Å²) in [5.74, 6) is 2.08. The van der Waals surface area contributed by atoms with Gasteiger partial charge in [0.15, 0.2) is 11.5 Å². The summed E-state index contributed by atoms with van der Waals surface area (Å²) in [4.78, 5) is 0. The molecule has 6 nitrogen and oxygen atoms in total. The molecule has 23 heavy (non-hydrogen) atoms. The Hall–Kier alpha value is -1.99. The molecule has 0 spiro atoms. The highest BCUT2D eigenvalue weighted by molar-refractivity contribution is 7.08. The fourth-order valence-electron chi connectivity index (χ4n) is 3.15. The molecule has 1 saturated carbocycles. The zero-order valence-electron chi connectivity index (χ0n) is 12.7. The predicted molar refractivity (Wildman–Crippen MR) is 90.5 cm³/mol. The summed E-state index contributed by atoms with van der Waals surface area (Å²) < 4.78 is 1.78. The number of aromatic nitrogens is 4. The molecule has 0 radical (unpaired) electrons. The Labute approximate surface area is 138 Å². The number of fused-ring (bicyclic) bond motifs is 1. The van der Waals surface area contributed by atoms with Crippen molar-refractivity contribution in [3.63, 3.8) is 0 Å². The van der Waals surface area contributed by atoms with Crippen LogP contribution >= 0.6 is 11.3 Å². The summed E-state index contributed by atoms with van der Waals surface area (Å²) in [6, 6.07) is 5.88. The van der Waals surface area contributed by atoms with Gasteiger partial charge in [-0.3, -0.25) is 0 Å². The Balaban J connectivity index is 1.53. The first-order valence-corrected chi connectivity index (χ1v) is 8.91. The Morgan fingerprint density at radius 2 is 2.22 bits per heavy atom. The van der Waals surface area contributed by atoms with E-state index in [1.54, 1.807) is 15.9 Å². The van der Waals surface area contributed by atoms with Gasteiger partial charge in [-0.1, -0.05) is 6.42 Å². The molecule has 0 amide bonds. The monoisotopic (exact) mass is 329 g/mol. The van der Waals surface area contributed by atoms with E-state index in [9.17, 15) is 5.11 Å². The predicted octanol–water partition coefficient (Wildman–Crippen LogP) is 2.82. The van der Waals surface area contributed by atoms with Crippen molar-refractivity contribution in [2.24, 2.45) is 5.92 Å². The fourth-order valence-corrected chi connectivity index (χ4v) is 3.79. The molecule has 3 aromatic heterocycles. The average molecular weight is 329 g/mol. The first-order chi connectivity index (χ1) is 11.3. The quantitative estimate of drug-likeness (QED) is 0.770. The molecular weight excluding hydrogens is 310 g/mol. The lowest BCUT2D eigenvalue weighted by molar-refractivity contribution is 0.104. The van der Waals surface area contributed by atoms with Crippen LogP contribution in [0.3, 0.4) is 0 Å². The van der Waals surface area contributed by atoms with Crippen molar-refractivity contribution in [2.75, 3.05) is 11.9 Å². The SMILES string of the molecule is OC1CCCC(CNc2ccc3nnc(-c4ccsc4)n3n2)C1. The molecule has 3 heterocycles. The second-order valence-corrected chi connectivity index (χ2v) is 6.87. The standard InChI is InChI=1S/C16H19N5OS/c22-13-3-1-2-11(8-13)9-17-14-4-5-15-18-19-16(21(15)20-14)12-6-7-23-10-12/h4-7,10-11,13,22H,1-3,8-9H2,(H,17,20). The van der Waals surface area contributed by atoms with Gasteiger partial charge in [0.1, 0.15) is 5.82 Å². The largest absolute Gasteiger partial charge is 0.393 e.